The predicted octanol–water partition coefficient (Wildman–Crippen LogP) is 6.39. The van der Waals surface area contributed by atoms with Crippen molar-refractivity contribution in [3.05, 3.63) is 60.2 Å². The smallest absolute Gasteiger partial charge is 0.410 e. The number of benzene rings is 1. The molecule has 0 radical (unpaired) electrons. The highest BCUT2D eigenvalue weighted by Gasteiger charge is 2.32. The molecule has 1 unspecified atom stereocenters. The highest BCUT2D eigenvalue weighted by atomic mass is 16.6. The molecule has 1 saturated heterocycles. The van der Waals surface area contributed by atoms with Crippen molar-refractivity contribution in [2.45, 2.75) is 65.5 Å². The monoisotopic (exact) mass is 397 g/mol. The second-order valence-electron chi connectivity index (χ2n) is 8.35. The van der Waals surface area contributed by atoms with Gasteiger partial charge in [-0.3, -0.25) is 0 Å². The van der Waals surface area contributed by atoms with Gasteiger partial charge in [-0.15, -0.1) is 0 Å². The van der Waals surface area contributed by atoms with E-state index in [4.69, 9.17) is 9.47 Å². The average molecular weight is 398 g/mol. The van der Waals surface area contributed by atoms with Crippen LogP contribution in [0.2, 0.25) is 0 Å². The van der Waals surface area contributed by atoms with Crippen molar-refractivity contribution >= 4 is 11.7 Å². The van der Waals surface area contributed by atoms with Crippen LogP contribution in [0.3, 0.4) is 0 Å². The number of allylic oxidation sites excluding steroid dienone is 5. The van der Waals surface area contributed by atoms with E-state index in [0.29, 0.717) is 6.61 Å². The molecule has 1 amide bonds. The molecule has 0 spiro atoms. The van der Waals surface area contributed by atoms with Gasteiger partial charge in [-0.05, 0) is 75.8 Å². The Morgan fingerprint density at radius 1 is 1.28 bits per heavy atom. The van der Waals surface area contributed by atoms with Crippen molar-refractivity contribution in [3.63, 3.8) is 0 Å². The summed E-state index contributed by atoms with van der Waals surface area (Å²) < 4.78 is 11.5. The summed E-state index contributed by atoms with van der Waals surface area (Å²) in [4.78, 5) is 14.2. The lowest BCUT2D eigenvalue weighted by molar-refractivity contribution is 0.0187. The third-order valence-electron chi connectivity index (χ3n) is 4.77. The highest BCUT2D eigenvalue weighted by molar-refractivity contribution is 5.80. The minimum absolute atomic E-state index is 0.0493. The quantitative estimate of drug-likeness (QED) is 0.500. The van der Waals surface area contributed by atoms with Crippen molar-refractivity contribution < 1.29 is 14.3 Å². The minimum Gasteiger partial charge on any atom is -0.491 e. The molecular formula is C25H35NO3. The predicted molar refractivity (Wildman–Crippen MR) is 120 cm³/mol. The van der Waals surface area contributed by atoms with E-state index in [-0.39, 0.29) is 12.1 Å². The number of hydrogen-bond donors (Lipinski definition) is 0. The fourth-order valence-electron chi connectivity index (χ4n) is 3.37. The van der Waals surface area contributed by atoms with Crippen LogP contribution in [-0.4, -0.2) is 35.8 Å². The first-order chi connectivity index (χ1) is 13.7. The molecule has 1 aromatic rings. The van der Waals surface area contributed by atoms with E-state index < -0.39 is 5.60 Å². The summed E-state index contributed by atoms with van der Waals surface area (Å²) >= 11 is 0. The van der Waals surface area contributed by atoms with Gasteiger partial charge < -0.3 is 14.4 Å². The Bertz CT molecular complexity index is 753. The zero-order chi connectivity index (χ0) is 21.4. The van der Waals surface area contributed by atoms with E-state index >= 15 is 0 Å². The second kappa shape index (κ2) is 10.3. The van der Waals surface area contributed by atoms with Crippen molar-refractivity contribution in [1.29, 1.82) is 0 Å². The van der Waals surface area contributed by atoms with Crippen molar-refractivity contribution in [1.82, 2.24) is 4.90 Å². The third-order valence-corrected chi connectivity index (χ3v) is 4.77. The summed E-state index contributed by atoms with van der Waals surface area (Å²) in [6, 6.07) is 8.04. The molecule has 1 aliphatic rings. The molecule has 0 bridgehead atoms. The molecule has 0 N–H and O–H groups in total. The van der Waals surface area contributed by atoms with Crippen LogP contribution in [-0.2, 0) is 4.74 Å². The summed E-state index contributed by atoms with van der Waals surface area (Å²) in [7, 11) is 0. The molecule has 4 heteroatoms. The topological polar surface area (TPSA) is 38.8 Å². The van der Waals surface area contributed by atoms with Gasteiger partial charge in [0.2, 0.25) is 0 Å². The molecule has 2 rings (SSSR count). The molecule has 1 aromatic carbocycles. The summed E-state index contributed by atoms with van der Waals surface area (Å²) in [5, 5.41) is 0. The van der Waals surface area contributed by atoms with E-state index in [1.165, 1.54) is 0 Å². The summed E-state index contributed by atoms with van der Waals surface area (Å²) in [5.74, 6) is 0.796. The third kappa shape index (κ3) is 6.81. The van der Waals surface area contributed by atoms with Crippen molar-refractivity contribution in [2.24, 2.45) is 0 Å². The van der Waals surface area contributed by atoms with E-state index in [9.17, 15) is 4.79 Å². The van der Waals surface area contributed by atoms with Gasteiger partial charge in [0, 0.05) is 6.54 Å². The van der Waals surface area contributed by atoms with Crippen LogP contribution in [0.5, 0.6) is 5.75 Å². The molecule has 0 saturated carbocycles. The van der Waals surface area contributed by atoms with E-state index in [2.05, 4.69) is 25.7 Å². The number of likely N-dealkylation sites (tertiary alicyclic amines) is 1. The molecule has 1 fully saturated rings. The maximum absolute atomic E-state index is 12.4. The Morgan fingerprint density at radius 3 is 2.55 bits per heavy atom. The molecule has 1 atom stereocenters. The molecular weight excluding hydrogens is 362 g/mol. The Hall–Kier alpha value is -2.49. The number of amides is 1. The molecule has 1 heterocycles. The van der Waals surface area contributed by atoms with Gasteiger partial charge >= 0.3 is 6.09 Å². The van der Waals surface area contributed by atoms with Gasteiger partial charge in [0.25, 0.3) is 0 Å². The lowest BCUT2D eigenvalue weighted by Crippen LogP contribution is -2.42. The molecule has 29 heavy (non-hydrogen) atoms. The lowest BCUT2D eigenvalue weighted by atomic mass is 9.98. The average Bonchev–Trinajstić information content (AvgIpc) is 3.13. The number of ether oxygens (including phenoxy) is 2. The first-order valence-corrected chi connectivity index (χ1v) is 10.5. The van der Waals surface area contributed by atoms with Gasteiger partial charge in [0.15, 0.2) is 0 Å². The van der Waals surface area contributed by atoms with Crippen LogP contribution < -0.4 is 4.74 Å². The number of carbonyl (C=O) groups is 1. The molecule has 0 aromatic heterocycles. The van der Waals surface area contributed by atoms with E-state index in [0.717, 1.165) is 48.3 Å². The molecule has 0 aliphatic carbocycles. The van der Waals surface area contributed by atoms with Gasteiger partial charge in [0.05, 0.1) is 6.04 Å². The number of carbonyl (C=O) groups excluding carboxylic acids is 1. The van der Waals surface area contributed by atoms with Crippen LogP contribution in [0, 0.1) is 0 Å². The fourth-order valence-corrected chi connectivity index (χ4v) is 3.37. The van der Waals surface area contributed by atoms with Gasteiger partial charge in [-0.1, -0.05) is 43.9 Å². The molecule has 158 valence electrons. The normalized spacial score (nSPS) is 17.6. The largest absolute Gasteiger partial charge is 0.491 e. The van der Waals surface area contributed by atoms with Crippen LogP contribution >= 0.6 is 0 Å². The van der Waals surface area contributed by atoms with Crippen LogP contribution in [0.15, 0.2) is 54.6 Å². The summed E-state index contributed by atoms with van der Waals surface area (Å²) in [5.41, 5.74) is 2.74. The summed E-state index contributed by atoms with van der Waals surface area (Å²) in [6.07, 6.45) is 8.91. The van der Waals surface area contributed by atoms with E-state index in [1.54, 1.807) is 4.90 Å². The first kappa shape index (κ1) is 22.8. The van der Waals surface area contributed by atoms with Crippen molar-refractivity contribution in [3.8, 4) is 5.75 Å². The van der Waals surface area contributed by atoms with Gasteiger partial charge in [-0.2, -0.15) is 0 Å². The summed E-state index contributed by atoms with van der Waals surface area (Å²) in [6.45, 7) is 15.2. The first-order valence-electron chi connectivity index (χ1n) is 10.5. The number of hydrogen-bond acceptors (Lipinski definition) is 3. The minimum atomic E-state index is -0.485. The van der Waals surface area contributed by atoms with E-state index in [1.807, 2.05) is 58.0 Å². The standard InChI is InChI=1S/C25H35NO3/c1-7-10-20(11-8-2)19(3)21-13-15-23(16-14-21)28-18-22-12-9-17-26(22)24(27)29-25(4,5)6/h7,10-11,13-16,22H,3,8-9,12,17-18H2,1-2,4-6H3/b10-7-,20-11+. The zero-order valence-corrected chi connectivity index (χ0v) is 18.5. The van der Waals surface area contributed by atoms with Gasteiger partial charge in [-0.25, -0.2) is 4.79 Å². The SMILES string of the molecule is C=C(C(/C=C\C)=C/CC)c1ccc(OCC2CCCN2C(=O)OC(C)(C)C)cc1. The lowest BCUT2D eigenvalue weighted by Gasteiger charge is -2.28. The van der Waals surface area contributed by atoms with Crippen LogP contribution in [0.25, 0.3) is 5.57 Å². The fraction of sp³-hybridized carbons (Fsp3) is 0.480. The Balaban J connectivity index is 1.97. The second-order valence-corrected chi connectivity index (χ2v) is 8.35. The Kier molecular flexibility index (Phi) is 8.12. The maximum atomic E-state index is 12.4. The zero-order valence-electron chi connectivity index (χ0n) is 18.5. The number of rotatable bonds is 7. The Labute approximate surface area is 175 Å². The van der Waals surface area contributed by atoms with Crippen LogP contribution in [0.1, 0.15) is 59.4 Å². The maximum Gasteiger partial charge on any atom is 0.410 e. The Morgan fingerprint density at radius 2 is 1.97 bits per heavy atom. The molecule has 4 nitrogen and oxygen atoms in total. The highest BCUT2D eigenvalue weighted by Crippen LogP contribution is 2.26. The van der Waals surface area contributed by atoms with Crippen molar-refractivity contribution in [2.75, 3.05) is 13.2 Å². The van der Waals surface area contributed by atoms with Crippen LogP contribution in [0.4, 0.5) is 4.79 Å². The van der Waals surface area contributed by atoms with Gasteiger partial charge in [0.1, 0.15) is 18.0 Å². The molecule has 1 aliphatic heterocycles. The number of nitrogens with zero attached hydrogens (tertiary/aromatic N) is 1.